The normalized spacial score (nSPS) is 17.0. The lowest BCUT2D eigenvalue weighted by Gasteiger charge is -2.33. The van der Waals surface area contributed by atoms with Crippen LogP contribution in [0.3, 0.4) is 0 Å². The van der Waals surface area contributed by atoms with E-state index >= 15 is 0 Å². The molecule has 8 nitrogen and oxygen atoms in total. The van der Waals surface area contributed by atoms with Gasteiger partial charge in [0.25, 0.3) is 0 Å². The minimum absolute atomic E-state index is 0.107. The standard InChI is InChI=1S/C25H26N4O4S/c1-31-19-13-21(33-3)20(32-2)12-16(19)23-22-17(10-7-11-18(22)30)26-24-27-25(28-29(23)24)34-14-15-8-5-4-6-9-15/h4-6,8-9,12-13,23H,7,10-11,14H2,1-3H3,(H,26,27,28)/t23-/m1/s1. The highest BCUT2D eigenvalue weighted by Gasteiger charge is 2.38. The molecule has 0 saturated heterocycles. The molecule has 1 N–H and O–H groups in total. The number of nitrogens with one attached hydrogen (secondary N) is 1. The smallest absolute Gasteiger partial charge is 0.227 e. The van der Waals surface area contributed by atoms with E-state index in [9.17, 15) is 4.79 Å². The monoisotopic (exact) mass is 478 g/mol. The summed E-state index contributed by atoms with van der Waals surface area (Å²) in [5.41, 5.74) is 3.57. The van der Waals surface area contributed by atoms with Crippen molar-refractivity contribution in [1.29, 1.82) is 0 Å². The molecular weight excluding hydrogens is 452 g/mol. The number of anilines is 1. The van der Waals surface area contributed by atoms with Crippen molar-refractivity contribution in [2.75, 3.05) is 26.6 Å². The highest BCUT2D eigenvalue weighted by atomic mass is 32.2. The van der Waals surface area contributed by atoms with Crippen molar-refractivity contribution in [3.63, 3.8) is 0 Å². The highest BCUT2D eigenvalue weighted by molar-refractivity contribution is 7.98. The van der Waals surface area contributed by atoms with Gasteiger partial charge in [-0.2, -0.15) is 4.98 Å². The van der Waals surface area contributed by atoms with E-state index in [-0.39, 0.29) is 5.78 Å². The lowest BCUT2D eigenvalue weighted by molar-refractivity contribution is -0.116. The van der Waals surface area contributed by atoms with Crippen LogP contribution in [0.25, 0.3) is 0 Å². The van der Waals surface area contributed by atoms with Crippen LogP contribution < -0.4 is 19.5 Å². The Hall–Kier alpha value is -3.46. The molecule has 176 valence electrons. The molecule has 1 aromatic heterocycles. The summed E-state index contributed by atoms with van der Waals surface area (Å²) in [7, 11) is 4.78. The number of nitrogens with zero attached hydrogens (tertiary/aromatic N) is 3. The molecule has 0 spiro atoms. The van der Waals surface area contributed by atoms with Crippen LogP contribution in [0.15, 0.2) is 58.9 Å². The average Bonchev–Trinajstić information content (AvgIpc) is 3.28. The van der Waals surface area contributed by atoms with E-state index in [4.69, 9.17) is 24.3 Å². The number of methoxy groups -OCH3 is 3. The van der Waals surface area contributed by atoms with Gasteiger partial charge in [-0.3, -0.25) is 4.79 Å². The number of allylic oxidation sites excluding steroid dienone is 2. The van der Waals surface area contributed by atoms with Crippen LogP contribution in [0.1, 0.15) is 36.4 Å². The Balaban J connectivity index is 1.60. The van der Waals surface area contributed by atoms with Crippen LogP contribution in [-0.4, -0.2) is 41.9 Å². The third kappa shape index (κ3) is 4.00. The van der Waals surface area contributed by atoms with Gasteiger partial charge in [-0.25, -0.2) is 4.68 Å². The van der Waals surface area contributed by atoms with Crippen LogP contribution in [-0.2, 0) is 10.5 Å². The number of hydrogen-bond donors (Lipinski definition) is 1. The van der Waals surface area contributed by atoms with Crippen LogP contribution in [0, 0.1) is 0 Å². The molecule has 0 radical (unpaired) electrons. The number of carbonyl (C=O) groups excluding carboxylic acids is 1. The second-order valence-electron chi connectivity index (χ2n) is 8.08. The minimum Gasteiger partial charge on any atom is -0.496 e. The average molecular weight is 479 g/mol. The number of Topliss-reactive ketones (excluding diaryl/α,β-unsaturated/α-hetero) is 1. The van der Waals surface area contributed by atoms with Gasteiger partial charge in [0.05, 0.1) is 21.3 Å². The van der Waals surface area contributed by atoms with Crippen molar-refractivity contribution in [1.82, 2.24) is 14.8 Å². The predicted octanol–water partition coefficient (Wildman–Crippen LogP) is 4.62. The number of rotatable bonds is 7. The summed E-state index contributed by atoms with van der Waals surface area (Å²) in [6, 6.07) is 13.4. The van der Waals surface area contributed by atoms with Crippen molar-refractivity contribution in [3.8, 4) is 17.2 Å². The number of aromatic nitrogens is 3. The Morgan fingerprint density at radius 3 is 2.50 bits per heavy atom. The summed E-state index contributed by atoms with van der Waals surface area (Å²) in [6.07, 6.45) is 2.10. The SMILES string of the molecule is COc1cc(OC)c([C@@H]2C3=C(CCCC3=O)Nc3nc(SCc4ccccc4)nn32)cc1OC. The number of ether oxygens (including phenoxy) is 3. The maximum atomic E-state index is 13.2. The van der Waals surface area contributed by atoms with Gasteiger partial charge < -0.3 is 19.5 Å². The first-order valence-electron chi connectivity index (χ1n) is 11.1. The van der Waals surface area contributed by atoms with Crippen molar-refractivity contribution in [2.24, 2.45) is 0 Å². The number of carbonyl (C=O) groups is 1. The zero-order valence-corrected chi connectivity index (χ0v) is 20.1. The first-order valence-corrected chi connectivity index (χ1v) is 12.1. The summed E-state index contributed by atoms with van der Waals surface area (Å²) in [5, 5.41) is 8.83. The Labute approximate surface area is 202 Å². The predicted molar refractivity (Wildman–Crippen MR) is 130 cm³/mol. The zero-order valence-electron chi connectivity index (χ0n) is 19.3. The number of thioether (sulfide) groups is 1. The van der Waals surface area contributed by atoms with E-state index < -0.39 is 6.04 Å². The maximum absolute atomic E-state index is 13.2. The molecule has 0 bridgehead atoms. The van der Waals surface area contributed by atoms with E-state index in [0.29, 0.717) is 40.3 Å². The van der Waals surface area contributed by atoms with E-state index in [2.05, 4.69) is 17.4 Å². The van der Waals surface area contributed by atoms with E-state index in [1.54, 1.807) is 43.8 Å². The molecule has 5 rings (SSSR count). The summed E-state index contributed by atoms with van der Waals surface area (Å²) < 4.78 is 18.5. The summed E-state index contributed by atoms with van der Waals surface area (Å²) in [5.74, 6) is 3.18. The van der Waals surface area contributed by atoms with Gasteiger partial charge in [0, 0.05) is 35.1 Å². The molecule has 0 amide bonds. The molecule has 0 fully saturated rings. The largest absolute Gasteiger partial charge is 0.496 e. The third-order valence-corrected chi connectivity index (χ3v) is 7.00. The molecule has 2 aromatic carbocycles. The summed E-state index contributed by atoms with van der Waals surface area (Å²) in [4.78, 5) is 17.9. The molecule has 2 heterocycles. The van der Waals surface area contributed by atoms with Crippen molar-refractivity contribution in [3.05, 3.63) is 64.9 Å². The second-order valence-corrected chi connectivity index (χ2v) is 9.02. The second kappa shape index (κ2) is 9.42. The van der Waals surface area contributed by atoms with E-state index in [1.165, 1.54) is 5.56 Å². The molecule has 0 saturated carbocycles. The number of hydrogen-bond acceptors (Lipinski definition) is 8. The fourth-order valence-electron chi connectivity index (χ4n) is 4.47. The van der Waals surface area contributed by atoms with Gasteiger partial charge in [0.1, 0.15) is 11.8 Å². The van der Waals surface area contributed by atoms with Crippen LogP contribution in [0.5, 0.6) is 17.2 Å². The fraction of sp³-hybridized carbons (Fsp3) is 0.320. The van der Waals surface area contributed by atoms with Crippen molar-refractivity contribution >= 4 is 23.5 Å². The van der Waals surface area contributed by atoms with E-state index in [0.717, 1.165) is 29.9 Å². The summed E-state index contributed by atoms with van der Waals surface area (Å²) >= 11 is 1.56. The molecule has 34 heavy (non-hydrogen) atoms. The highest BCUT2D eigenvalue weighted by Crippen LogP contribution is 2.46. The number of ketones is 1. The first kappa shape index (κ1) is 22.3. The van der Waals surface area contributed by atoms with Gasteiger partial charge in [-0.05, 0) is 24.5 Å². The molecule has 0 unspecified atom stereocenters. The first-order chi connectivity index (χ1) is 16.6. The molecule has 1 aliphatic heterocycles. The van der Waals surface area contributed by atoms with Crippen LogP contribution in [0.4, 0.5) is 5.95 Å². The Kier molecular flexibility index (Phi) is 6.19. The lowest BCUT2D eigenvalue weighted by atomic mass is 9.85. The third-order valence-electron chi connectivity index (χ3n) is 6.09. The van der Waals surface area contributed by atoms with Gasteiger partial charge in [-0.1, -0.05) is 42.1 Å². The Morgan fingerprint density at radius 1 is 1.03 bits per heavy atom. The van der Waals surface area contributed by atoms with Gasteiger partial charge in [-0.15, -0.1) is 5.10 Å². The molecular formula is C25H26N4O4S. The number of benzene rings is 2. The zero-order chi connectivity index (χ0) is 23.7. The minimum atomic E-state index is -0.479. The van der Waals surface area contributed by atoms with Gasteiger partial charge >= 0.3 is 0 Å². The lowest BCUT2D eigenvalue weighted by Crippen LogP contribution is -2.31. The summed E-state index contributed by atoms with van der Waals surface area (Å²) in [6.45, 7) is 0. The number of fused-ring (bicyclic) bond motifs is 1. The maximum Gasteiger partial charge on any atom is 0.227 e. The Bertz CT molecular complexity index is 1260. The van der Waals surface area contributed by atoms with Gasteiger partial charge in [0.2, 0.25) is 11.1 Å². The fourth-order valence-corrected chi connectivity index (χ4v) is 5.26. The van der Waals surface area contributed by atoms with Crippen LogP contribution in [0.2, 0.25) is 0 Å². The molecule has 1 aliphatic carbocycles. The van der Waals surface area contributed by atoms with Crippen molar-refractivity contribution in [2.45, 2.75) is 36.2 Å². The quantitative estimate of drug-likeness (QED) is 0.493. The van der Waals surface area contributed by atoms with E-state index in [1.807, 2.05) is 24.3 Å². The molecule has 1 atom stereocenters. The topological polar surface area (TPSA) is 87.5 Å². The molecule has 9 heteroatoms. The van der Waals surface area contributed by atoms with Crippen molar-refractivity contribution < 1.29 is 19.0 Å². The molecule has 3 aromatic rings. The molecule has 2 aliphatic rings. The van der Waals surface area contributed by atoms with Crippen LogP contribution >= 0.6 is 11.8 Å². The van der Waals surface area contributed by atoms with Gasteiger partial charge in [0.15, 0.2) is 17.3 Å². The Morgan fingerprint density at radius 2 is 1.76 bits per heavy atom.